The highest BCUT2D eigenvalue weighted by Gasteiger charge is 2.27. The van der Waals surface area contributed by atoms with Crippen molar-refractivity contribution in [2.45, 2.75) is 46.1 Å². The fourth-order valence-electron chi connectivity index (χ4n) is 2.38. The van der Waals surface area contributed by atoms with Crippen molar-refractivity contribution in [2.24, 2.45) is 10.4 Å². The molecule has 0 spiro atoms. The van der Waals surface area contributed by atoms with E-state index in [1.165, 1.54) is 0 Å². The number of aliphatic imine (C=N–C) groups is 1. The molecule has 1 aliphatic rings. The summed E-state index contributed by atoms with van der Waals surface area (Å²) in [5.41, 5.74) is -0.488. The third kappa shape index (κ3) is 7.97. The summed E-state index contributed by atoms with van der Waals surface area (Å²) in [6.45, 7) is 9.94. The minimum atomic E-state index is -0.488. The van der Waals surface area contributed by atoms with Gasteiger partial charge in [-0.3, -0.25) is 9.79 Å². The Kier molecular flexibility index (Phi) is 9.71. The Morgan fingerprint density at radius 3 is 2.75 bits per heavy atom. The van der Waals surface area contributed by atoms with Gasteiger partial charge in [0.2, 0.25) is 5.91 Å². The molecular formula is C17H34N4O3. The van der Waals surface area contributed by atoms with Crippen LogP contribution >= 0.6 is 0 Å². The summed E-state index contributed by atoms with van der Waals surface area (Å²) >= 11 is 0. The molecule has 1 atom stereocenters. The predicted molar refractivity (Wildman–Crippen MR) is 96.2 cm³/mol. The molecule has 24 heavy (non-hydrogen) atoms. The number of hydrogen-bond donors (Lipinski definition) is 3. The SMILES string of the molecule is CCNC(=O)C(C)(C)CNC(=NC)NCCCOCC1CCCO1. The minimum Gasteiger partial charge on any atom is -0.379 e. The maximum Gasteiger partial charge on any atom is 0.227 e. The molecule has 7 heteroatoms. The third-order valence-corrected chi connectivity index (χ3v) is 3.96. The number of carbonyl (C=O) groups excluding carboxylic acids is 1. The van der Waals surface area contributed by atoms with E-state index in [0.29, 0.717) is 32.3 Å². The van der Waals surface area contributed by atoms with Gasteiger partial charge in [0.05, 0.1) is 18.1 Å². The Bertz CT molecular complexity index is 393. The van der Waals surface area contributed by atoms with Crippen LogP contribution in [0.15, 0.2) is 4.99 Å². The number of rotatable bonds is 10. The first-order valence-electron chi connectivity index (χ1n) is 8.91. The highest BCUT2D eigenvalue weighted by atomic mass is 16.5. The van der Waals surface area contributed by atoms with Crippen molar-refractivity contribution >= 4 is 11.9 Å². The smallest absolute Gasteiger partial charge is 0.227 e. The maximum atomic E-state index is 12.0. The molecule has 0 aromatic carbocycles. The van der Waals surface area contributed by atoms with E-state index in [2.05, 4.69) is 20.9 Å². The molecule has 1 saturated heterocycles. The number of hydrogen-bond acceptors (Lipinski definition) is 4. The van der Waals surface area contributed by atoms with Crippen LogP contribution in [0.1, 0.15) is 40.0 Å². The standard InChI is InChI=1S/C17H34N4O3/c1-5-19-15(22)17(2,3)13-21-16(18-4)20-9-7-10-23-12-14-8-6-11-24-14/h14H,5-13H2,1-4H3,(H,19,22)(H2,18,20,21). The van der Waals surface area contributed by atoms with E-state index in [1.54, 1.807) is 7.05 Å². The monoisotopic (exact) mass is 342 g/mol. The van der Waals surface area contributed by atoms with Gasteiger partial charge in [0.1, 0.15) is 0 Å². The molecule has 0 radical (unpaired) electrons. The second kappa shape index (κ2) is 11.3. The Balaban J connectivity index is 2.12. The molecule has 3 N–H and O–H groups in total. The summed E-state index contributed by atoms with van der Waals surface area (Å²) in [7, 11) is 1.72. The van der Waals surface area contributed by atoms with Crippen molar-refractivity contribution in [1.82, 2.24) is 16.0 Å². The van der Waals surface area contributed by atoms with Crippen molar-refractivity contribution < 1.29 is 14.3 Å². The van der Waals surface area contributed by atoms with Crippen LogP contribution < -0.4 is 16.0 Å². The van der Waals surface area contributed by atoms with Crippen molar-refractivity contribution in [2.75, 3.05) is 46.5 Å². The van der Waals surface area contributed by atoms with Crippen LogP contribution in [0.3, 0.4) is 0 Å². The van der Waals surface area contributed by atoms with Gasteiger partial charge in [0.15, 0.2) is 5.96 Å². The van der Waals surface area contributed by atoms with E-state index in [-0.39, 0.29) is 12.0 Å². The van der Waals surface area contributed by atoms with Gasteiger partial charge in [-0.2, -0.15) is 0 Å². The van der Waals surface area contributed by atoms with Crippen LogP contribution in [-0.2, 0) is 14.3 Å². The average molecular weight is 342 g/mol. The Labute approximate surface area is 146 Å². The normalized spacial score (nSPS) is 18.5. The summed E-state index contributed by atoms with van der Waals surface area (Å²) in [5, 5.41) is 9.29. The third-order valence-electron chi connectivity index (χ3n) is 3.96. The zero-order valence-corrected chi connectivity index (χ0v) is 15.6. The van der Waals surface area contributed by atoms with Crippen LogP contribution in [0, 0.1) is 5.41 Å². The number of nitrogens with one attached hydrogen (secondary N) is 3. The maximum absolute atomic E-state index is 12.0. The molecule has 1 rings (SSSR count). The van der Waals surface area contributed by atoms with Crippen LogP contribution in [-0.4, -0.2) is 64.5 Å². The summed E-state index contributed by atoms with van der Waals surface area (Å²) < 4.78 is 11.1. The van der Waals surface area contributed by atoms with E-state index in [9.17, 15) is 4.79 Å². The summed E-state index contributed by atoms with van der Waals surface area (Å²) in [4.78, 5) is 16.1. The quantitative estimate of drug-likeness (QED) is 0.312. The van der Waals surface area contributed by atoms with E-state index in [4.69, 9.17) is 9.47 Å². The molecule has 0 aromatic rings. The highest BCUT2D eigenvalue weighted by Crippen LogP contribution is 2.13. The molecular weight excluding hydrogens is 308 g/mol. The second-order valence-electron chi connectivity index (χ2n) is 6.66. The predicted octanol–water partition coefficient (Wildman–Crippen LogP) is 0.899. The molecule has 1 amide bonds. The molecule has 1 aliphatic heterocycles. The van der Waals surface area contributed by atoms with Gasteiger partial charge in [-0.05, 0) is 40.0 Å². The number of amides is 1. The molecule has 0 bridgehead atoms. The first-order valence-corrected chi connectivity index (χ1v) is 8.91. The number of ether oxygens (including phenoxy) is 2. The van der Waals surface area contributed by atoms with Gasteiger partial charge in [0, 0.05) is 39.9 Å². The summed E-state index contributed by atoms with van der Waals surface area (Å²) in [5.74, 6) is 0.738. The number of nitrogens with zero attached hydrogens (tertiary/aromatic N) is 1. The summed E-state index contributed by atoms with van der Waals surface area (Å²) in [6.07, 6.45) is 3.43. The second-order valence-corrected chi connectivity index (χ2v) is 6.66. The van der Waals surface area contributed by atoms with Gasteiger partial charge >= 0.3 is 0 Å². The van der Waals surface area contributed by atoms with E-state index >= 15 is 0 Å². The lowest BCUT2D eigenvalue weighted by molar-refractivity contribution is -0.128. The molecule has 140 valence electrons. The van der Waals surface area contributed by atoms with Crippen LogP contribution in [0.5, 0.6) is 0 Å². The number of carbonyl (C=O) groups is 1. The molecule has 1 unspecified atom stereocenters. The molecule has 7 nitrogen and oxygen atoms in total. The lowest BCUT2D eigenvalue weighted by Gasteiger charge is -2.24. The minimum absolute atomic E-state index is 0.0375. The zero-order valence-electron chi connectivity index (χ0n) is 15.6. The molecule has 0 aliphatic carbocycles. The molecule has 1 heterocycles. The van der Waals surface area contributed by atoms with Gasteiger partial charge in [-0.25, -0.2) is 0 Å². The lowest BCUT2D eigenvalue weighted by atomic mass is 9.92. The molecule has 0 saturated carbocycles. The topological polar surface area (TPSA) is 84.0 Å². The number of guanidine groups is 1. The van der Waals surface area contributed by atoms with Gasteiger partial charge in [-0.1, -0.05) is 0 Å². The van der Waals surface area contributed by atoms with Crippen LogP contribution in [0.25, 0.3) is 0 Å². The van der Waals surface area contributed by atoms with E-state index in [1.807, 2.05) is 20.8 Å². The Morgan fingerprint density at radius 1 is 1.33 bits per heavy atom. The van der Waals surface area contributed by atoms with E-state index in [0.717, 1.165) is 32.4 Å². The van der Waals surface area contributed by atoms with Crippen molar-refractivity contribution in [3.63, 3.8) is 0 Å². The van der Waals surface area contributed by atoms with Gasteiger partial charge in [0.25, 0.3) is 0 Å². The Hall–Kier alpha value is -1.34. The van der Waals surface area contributed by atoms with Crippen LogP contribution in [0.2, 0.25) is 0 Å². The average Bonchev–Trinajstić information content (AvgIpc) is 3.07. The highest BCUT2D eigenvalue weighted by molar-refractivity contribution is 5.84. The van der Waals surface area contributed by atoms with Gasteiger partial charge in [-0.15, -0.1) is 0 Å². The van der Waals surface area contributed by atoms with Crippen molar-refractivity contribution in [3.8, 4) is 0 Å². The molecule has 0 aromatic heterocycles. The van der Waals surface area contributed by atoms with Crippen LogP contribution in [0.4, 0.5) is 0 Å². The Morgan fingerprint density at radius 2 is 2.12 bits per heavy atom. The largest absolute Gasteiger partial charge is 0.379 e. The fourth-order valence-corrected chi connectivity index (χ4v) is 2.38. The van der Waals surface area contributed by atoms with Crippen molar-refractivity contribution in [3.05, 3.63) is 0 Å². The summed E-state index contributed by atoms with van der Waals surface area (Å²) in [6, 6.07) is 0. The van der Waals surface area contributed by atoms with E-state index < -0.39 is 5.41 Å². The lowest BCUT2D eigenvalue weighted by Crippen LogP contribution is -2.48. The molecule has 1 fully saturated rings. The first-order chi connectivity index (χ1) is 11.5. The first kappa shape index (κ1) is 20.7. The van der Waals surface area contributed by atoms with Gasteiger partial charge < -0.3 is 25.4 Å². The van der Waals surface area contributed by atoms with Crippen molar-refractivity contribution in [1.29, 1.82) is 0 Å². The zero-order chi connectivity index (χ0) is 17.8. The fraction of sp³-hybridized carbons (Fsp3) is 0.882.